The minimum Gasteiger partial charge on any atom is -0.756 e. The van der Waals surface area contributed by atoms with Gasteiger partial charge in [-0.3, -0.25) is 9.36 Å². The Bertz CT molecular complexity index is 1270. The maximum atomic E-state index is 13.0. The maximum absolute atomic E-state index is 13.0. The maximum Gasteiger partial charge on any atom is 0.268 e. The molecule has 0 radical (unpaired) electrons. The zero-order chi connectivity index (χ0) is 54.9. The Labute approximate surface area is 468 Å². The van der Waals surface area contributed by atoms with Crippen LogP contribution >= 0.6 is 7.82 Å². The molecule has 75 heavy (non-hydrogen) atoms. The summed E-state index contributed by atoms with van der Waals surface area (Å²) < 4.78 is 23.4. The highest BCUT2D eigenvalue weighted by atomic mass is 31.2. The van der Waals surface area contributed by atoms with Crippen molar-refractivity contribution in [3.63, 3.8) is 0 Å². The van der Waals surface area contributed by atoms with Crippen LogP contribution in [0.2, 0.25) is 0 Å². The summed E-state index contributed by atoms with van der Waals surface area (Å²) in [6.45, 7) is 4.71. The fraction of sp³-hybridized carbons (Fsp3) is 0.924. The minimum absolute atomic E-state index is 0.00184. The summed E-state index contributed by atoms with van der Waals surface area (Å²) >= 11 is 0. The Balaban J connectivity index is 4.05. The van der Waals surface area contributed by atoms with Crippen LogP contribution in [0, 0.1) is 0 Å². The second-order valence-electron chi connectivity index (χ2n) is 24.2. The highest BCUT2D eigenvalue weighted by Crippen LogP contribution is 2.38. The van der Waals surface area contributed by atoms with Crippen molar-refractivity contribution in [2.45, 2.75) is 353 Å². The molecule has 0 aromatic heterocycles. The molecule has 446 valence electrons. The number of likely N-dealkylation sites (N-methyl/N-ethyl adjacent to an activating group) is 1. The van der Waals surface area contributed by atoms with E-state index in [-0.39, 0.29) is 19.1 Å². The van der Waals surface area contributed by atoms with Gasteiger partial charge in [0.2, 0.25) is 5.91 Å². The summed E-state index contributed by atoms with van der Waals surface area (Å²) in [7, 11) is 1.28. The highest BCUT2D eigenvalue weighted by Gasteiger charge is 2.23. The Hall–Kier alpha value is -1.02. The predicted octanol–water partition coefficient (Wildman–Crippen LogP) is 20.1. The normalized spacial score (nSPS) is 13.9. The third kappa shape index (κ3) is 60.5. The van der Waals surface area contributed by atoms with Crippen LogP contribution in [0.3, 0.4) is 0 Å². The van der Waals surface area contributed by atoms with E-state index < -0.39 is 20.0 Å². The van der Waals surface area contributed by atoms with Crippen LogP contribution in [0.25, 0.3) is 0 Å². The van der Waals surface area contributed by atoms with Gasteiger partial charge in [0, 0.05) is 6.42 Å². The van der Waals surface area contributed by atoms with Crippen LogP contribution in [-0.4, -0.2) is 68.5 Å². The molecule has 0 aromatic rings. The zero-order valence-corrected chi connectivity index (χ0v) is 51.9. The summed E-state index contributed by atoms with van der Waals surface area (Å²) in [5, 5.41) is 13.9. The lowest BCUT2D eigenvalue weighted by molar-refractivity contribution is -0.870. The third-order valence-electron chi connectivity index (χ3n) is 15.4. The molecule has 0 heterocycles. The van der Waals surface area contributed by atoms with Crippen molar-refractivity contribution in [2.75, 3.05) is 40.9 Å². The molecule has 0 spiro atoms. The van der Waals surface area contributed by atoms with Gasteiger partial charge in [0.1, 0.15) is 13.2 Å². The van der Waals surface area contributed by atoms with Crippen molar-refractivity contribution in [3.05, 3.63) is 24.3 Å². The van der Waals surface area contributed by atoms with Crippen LogP contribution < -0.4 is 10.2 Å². The van der Waals surface area contributed by atoms with Crippen LogP contribution in [0.4, 0.5) is 0 Å². The average molecular weight is 1080 g/mol. The Morgan fingerprint density at radius 2 is 0.733 bits per heavy atom. The van der Waals surface area contributed by atoms with Gasteiger partial charge in [0.15, 0.2) is 0 Å². The SMILES string of the molecule is CCCCCCCCCC/C=C\CCCCCCCCCCCCCCCCCCCCCC(=O)NC(COP(=O)([O-])OCC[N+](C)(C)C)C(O)/C=C/CCCCCCCCCCCCCCCCCCCCCC. The molecule has 0 rings (SSSR count). The Morgan fingerprint density at radius 3 is 1.04 bits per heavy atom. The molecule has 0 aliphatic carbocycles. The number of carbonyl (C=O) groups is 1. The van der Waals surface area contributed by atoms with Crippen molar-refractivity contribution in [1.29, 1.82) is 0 Å². The summed E-state index contributed by atoms with van der Waals surface area (Å²) in [4.78, 5) is 25.6. The second-order valence-corrected chi connectivity index (χ2v) is 25.6. The number of hydrogen-bond donors (Lipinski definition) is 2. The van der Waals surface area contributed by atoms with Crippen molar-refractivity contribution >= 4 is 13.7 Å². The topological polar surface area (TPSA) is 108 Å². The van der Waals surface area contributed by atoms with Gasteiger partial charge in [-0.05, 0) is 44.9 Å². The second kappa shape index (κ2) is 57.7. The third-order valence-corrected chi connectivity index (χ3v) is 16.4. The predicted molar refractivity (Wildman–Crippen MR) is 325 cm³/mol. The van der Waals surface area contributed by atoms with Gasteiger partial charge in [-0.2, -0.15) is 0 Å². The van der Waals surface area contributed by atoms with Crippen LogP contribution in [0.5, 0.6) is 0 Å². The zero-order valence-electron chi connectivity index (χ0n) is 51.0. The molecule has 1 amide bonds. The van der Waals surface area contributed by atoms with Gasteiger partial charge in [0.05, 0.1) is 39.9 Å². The number of carbonyl (C=O) groups excluding carboxylic acids is 1. The van der Waals surface area contributed by atoms with Crippen LogP contribution in [-0.2, 0) is 18.4 Å². The number of amides is 1. The van der Waals surface area contributed by atoms with E-state index in [0.29, 0.717) is 17.4 Å². The van der Waals surface area contributed by atoms with Crippen LogP contribution in [0.1, 0.15) is 341 Å². The largest absolute Gasteiger partial charge is 0.756 e. The van der Waals surface area contributed by atoms with E-state index in [2.05, 4.69) is 31.3 Å². The van der Waals surface area contributed by atoms with Crippen molar-refractivity contribution in [1.82, 2.24) is 5.32 Å². The number of hydrogen-bond acceptors (Lipinski definition) is 6. The molecular weight excluding hydrogens is 948 g/mol. The summed E-state index contributed by atoms with van der Waals surface area (Å²) in [6, 6.07) is -0.885. The molecule has 9 heteroatoms. The van der Waals surface area contributed by atoms with Crippen molar-refractivity contribution in [3.8, 4) is 0 Å². The molecule has 0 saturated carbocycles. The van der Waals surface area contributed by atoms with E-state index in [0.717, 1.165) is 38.5 Å². The number of allylic oxidation sites excluding steroid dienone is 3. The number of aliphatic hydroxyl groups is 1. The molecule has 3 atom stereocenters. The van der Waals surface area contributed by atoms with Gasteiger partial charge in [-0.25, -0.2) is 0 Å². The summed E-state index contributed by atoms with van der Waals surface area (Å²) in [5.41, 5.74) is 0. The molecule has 0 bridgehead atoms. The molecule has 3 unspecified atom stereocenters. The molecule has 0 aliphatic heterocycles. The number of quaternary nitrogens is 1. The first-order chi connectivity index (χ1) is 36.5. The summed E-state index contributed by atoms with van der Waals surface area (Å²) in [6.07, 6.45) is 74.3. The Morgan fingerprint density at radius 1 is 0.453 bits per heavy atom. The van der Waals surface area contributed by atoms with Gasteiger partial charge in [0.25, 0.3) is 7.82 Å². The Kier molecular flexibility index (Phi) is 56.9. The fourth-order valence-electron chi connectivity index (χ4n) is 10.2. The number of nitrogens with one attached hydrogen (secondary N) is 1. The number of nitrogens with zero attached hydrogens (tertiary/aromatic N) is 1. The molecular formula is C66H131N2O6P. The van der Waals surface area contributed by atoms with Crippen molar-refractivity contribution in [2.24, 2.45) is 0 Å². The van der Waals surface area contributed by atoms with E-state index in [4.69, 9.17) is 9.05 Å². The molecule has 0 aliphatic rings. The molecule has 8 nitrogen and oxygen atoms in total. The fourth-order valence-corrected chi connectivity index (χ4v) is 10.9. The van der Waals surface area contributed by atoms with E-state index in [1.165, 1.54) is 283 Å². The lowest BCUT2D eigenvalue weighted by Gasteiger charge is -2.29. The first kappa shape index (κ1) is 74.0. The molecule has 0 saturated heterocycles. The van der Waals surface area contributed by atoms with Crippen molar-refractivity contribution < 1.29 is 32.9 Å². The number of phosphoric ester groups is 1. The van der Waals surface area contributed by atoms with Gasteiger partial charge < -0.3 is 28.8 Å². The van der Waals surface area contributed by atoms with E-state index in [1.807, 2.05) is 27.2 Å². The molecule has 0 fully saturated rings. The lowest BCUT2D eigenvalue weighted by atomic mass is 10.0. The number of rotatable bonds is 62. The van der Waals surface area contributed by atoms with E-state index in [9.17, 15) is 19.4 Å². The molecule has 0 aromatic carbocycles. The smallest absolute Gasteiger partial charge is 0.268 e. The van der Waals surface area contributed by atoms with Gasteiger partial charge >= 0.3 is 0 Å². The quantitative estimate of drug-likeness (QED) is 0.0272. The number of unbranched alkanes of at least 4 members (excludes halogenated alkanes) is 47. The standard InChI is InChI=1S/C66H131N2O6P/c1-6-8-10-12-14-16-18-20-22-24-26-28-30-31-32-33-34-35-36-37-38-40-42-44-46-48-50-52-54-56-58-60-66(70)67-64(63-74-75(71,72)73-62-61-68(3,4)5)65(69)59-57-55-53-51-49-47-45-43-41-39-29-27-25-23-21-19-17-15-13-11-9-7-2/h24,26,57,59,64-65,69H,6-23,25,27-56,58,60-63H2,1-5H3,(H-,67,70,71,72)/b26-24-,59-57+. The molecule has 2 N–H and O–H groups in total. The highest BCUT2D eigenvalue weighted by molar-refractivity contribution is 7.45. The van der Waals surface area contributed by atoms with E-state index in [1.54, 1.807) is 6.08 Å². The minimum atomic E-state index is -4.60. The van der Waals surface area contributed by atoms with E-state index >= 15 is 0 Å². The van der Waals surface area contributed by atoms with Crippen LogP contribution in [0.15, 0.2) is 24.3 Å². The lowest BCUT2D eigenvalue weighted by Crippen LogP contribution is -2.45. The van der Waals surface area contributed by atoms with Gasteiger partial charge in [-0.1, -0.05) is 314 Å². The first-order valence-electron chi connectivity index (χ1n) is 33.2. The monoisotopic (exact) mass is 1080 g/mol. The average Bonchev–Trinajstić information content (AvgIpc) is 3.37. The number of aliphatic hydroxyl groups excluding tert-OH is 1. The first-order valence-corrected chi connectivity index (χ1v) is 34.7. The van der Waals surface area contributed by atoms with Gasteiger partial charge in [-0.15, -0.1) is 0 Å². The number of phosphoric acid groups is 1. The summed E-state index contributed by atoms with van der Waals surface area (Å²) in [5.74, 6) is -0.190.